The second-order valence-electron chi connectivity index (χ2n) is 5.10. The van der Waals surface area contributed by atoms with Crippen LogP contribution < -0.4 is 0 Å². The predicted molar refractivity (Wildman–Crippen MR) is 66.0 cm³/mol. The Kier molecular flexibility index (Phi) is 5.01. The lowest BCUT2D eigenvalue weighted by molar-refractivity contribution is -0.299. The van der Waals surface area contributed by atoms with Crippen LogP contribution in [0.2, 0.25) is 0 Å². The highest BCUT2D eigenvalue weighted by molar-refractivity contribution is 5.89. The summed E-state index contributed by atoms with van der Waals surface area (Å²) >= 11 is 0. The van der Waals surface area contributed by atoms with E-state index in [1.54, 1.807) is 0 Å². The molecule has 1 rings (SSSR count). The number of alkyl halides is 3. The number of aliphatic hydroxyl groups is 1. The van der Waals surface area contributed by atoms with E-state index in [4.69, 9.17) is 0 Å². The Morgan fingerprint density at radius 1 is 1.55 bits per heavy atom. The second kappa shape index (κ2) is 5.99. The lowest BCUT2D eigenvalue weighted by Gasteiger charge is -2.31. The number of hydrogen-bond donors (Lipinski definition) is 1. The van der Waals surface area contributed by atoms with Crippen LogP contribution in [0, 0.1) is 5.92 Å². The smallest absolute Gasteiger partial charge is 0.439 e. The Balaban J connectivity index is 2.95. The first kappa shape index (κ1) is 16.7. The Labute approximate surface area is 115 Å². The van der Waals surface area contributed by atoms with E-state index in [0.29, 0.717) is 12.8 Å². The minimum Gasteiger partial charge on any atom is -0.448 e. The average molecular weight is 296 g/mol. The number of hydrogen-bond acceptors (Lipinski definition) is 4. The van der Waals surface area contributed by atoms with E-state index in [2.05, 4.69) is 9.84 Å². The van der Waals surface area contributed by atoms with Crippen molar-refractivity contribution in [3.8, 4) is 0 Å². The summed E-state index contributed by atoms with van der Waals surface area (Å²) in [6, 6.07) is 0. The Bertz CT molecular complexity index is 396. The van der Waals surface area contributed by atoms with Crippen molar-refractivity contribution in [2.75, 3.05) is 6.61 Å². The molecule has 1 heterocycles. The molecule has 0 unspecified atom stereocenters. The lowest BCUT2D eigenvalue weighted by Crippen LogP contribution is -2.56. The third-order valence-electron chi connectivity index (χ3n) is 2.95. The maximum absolute atomic E-state index is 13.0. The van der Waals surface area contributed by atoms with Gasteiger partial charge in [-0.25, -0.2) is 4.79 Å². The van der Waals surface area contributed by atoms with Crippen LogP contribution >= 0.6 is 0 Å². The fourth-order valence-corrected chi connectivity index (χ4v) is 1.81. The predicted octanol–water partition coefficient (Wildman–Crippen LogP) is 2.89. The molecule has 0 saturated heterocycles. The summed E-state index contributed by atoms with van der Waals surface area (Å²) in [5, 5.41) is 13.4. The molecule has 20 heavy (non-hydrogen) atoms. The maximum atomic E-state index is 13.0. The van der Waals surface area contributed by atoms with Crippen LogP contribution in [-0.2, 0) is 4.74 Å². The van der Waals surface area contributed by atoms with Crippen LogP contribution in [0.3, 0.4) is 0 Å². The van der Waals surface area contributed by atoms with Crippen LogP contribution in [0.1, 0.15) is 40.0 Å². The van der Waals surface area contributed by atoms with Crippen LogP contribution in [0.5, 0.6) is 0 Å². The summed E-state index contributed by atoms with van der Waals surface area (Å²) in [5.41, 5.74) is -3.17. The third-order valence-corrected chi connectivity index (χ3v) is 2.95. The molecule has 0 aromatic heterocycles. The van der Waals surface area contributed by atoms with Gasteiger partial charge in [-0.2, -0.15) is 23.3 Å². The molecule has 8 heteroatoms. The Morgan fingerprint density at radius 2 is 2.15 bits per heavy atom. The first-order valence-electron chi connectivity index (χ1n) is 6.44. The van der Waals surface area contributed by atoms with Crippen molar-refractivity contribution in [1.29, 1.82) is 0 Å². The van der Waals surface area contributed by atoms with Crippen molar-refractivity contribution < 1.29 is 27.8 Å². The molecule has 1 aliphatic rings. The molecule has 0 aliphatic carbocycles. The standard InChI is InChI=1S/C12H19F3N2O3/c1-4-20-10(18)17-11(19,12(13,14)15)7-9(16-17)6-5-8(2)3/h8,19H,4-7H2,1-3H3/t11-/m1/s1. The minimum atomic E-state index is -5.00. The molecule has 0 spiro atoms. The van der Waals surface area contributed by atoms with E-state index in [0.717, 1.165) is 0 Å². The van der Waals surface area contributed by atoms with Crippen LogP contribution in [0.25, 0.3) is 0 Å². The maximum Gasteiger partial charge on any atom is 0.439 e. The fraction of sp³-hybridized carbons (Fsp3) is 0.833. The molecule has 1 atom stereocenters. The molecule has 0 saturated carbocycles. The summed E-state index contributed by atoms with van der Waals surface area (Å²) in [6.45, 7) is 5.22. The summed E-state index contributed by atoms with van der Waals surface area (Å²) in [4.78, 5) is 11.5. The molecule has 0 fully saturated rings. The normalized spacial score (nSPS) is 23.2. The third kappa shape index (κ3) is 3.41. The molecular weight excluding hydrogens is 277 g/mol. The van der Waals surface area contributed by atoms with Gasteiger partial charge in [-0.3, -0.25) is 0 Å². The van der Waals surface area contributed by atoms with E-state index < -0.39 is 24.4 Å². The van der Waals surface area contributed by atoms with Gasteiger partial charge in [-0.05, 0) is 25.7 Å². The van der Waals surface area contributed by atoms with E-state index in [-0.39, 0.29) is 23.2 Å². The lowest BCUT2D eigenvalue weighted by atomic mass is 10.00. The first-order valence-corrected chi connectivity index (χ1v) is 6.44. The number of amides is 1. The molecule has 1 amide bonds. The molecule has 0 aromatic carbocycles. The van der Waals surface area contributed by atoms with E-state index in [1.807, 2.05) is 13.8 Å². The zero-order valence-corrected chi connectivity index (χ0v) is 11.7. The number of carbonyl (C=O) groups is 1. The average Bonchev–Trinajstić information content (AvgIpc) is 2.65. The zero-order valence-electron chi connectivity index (χ0n) is 11.7. The largest absolute Gasteiger partial charge is 0.448 e. The van der Waals surface area contributed by atoms with Gasteiger partial charge in [-0.15, -0.1) is 0 Å². The van der Waals surface area contributed by atoms with Gasteiger partial charge < -0.3 is 9.84 Å². The summed E-state index contributed by atoms with van der Waals surface area (Å²) in [6.07, 6.45) is -6.10. The van der Waals surface area contributed by atoms with E-state index in [9.17, 15) is 23.1 Å². The summed E-state index contributed by atoms with van der Waals surface area (Å²) in [7, 11) is 0. The SMILES string of the molecule is CCOC(=O)N1N=C(CCC(C)C)C[C@@]1(O)C(F)(F)F. The van der Waals surface area contributed by atoms with Crippen molar-refractivity contribution in [2.24, 2.45) is 11.0 Å². The molecule has 5 nitrogen and oxygen atoms in total. The first-order chi connectivity index (χ1) is 9.11. The molecule has 0 aromatic rings. The summed E-state index contributed by atoms with van der Waals surface area (Å²) < 4.78 is 43.5. The van der Waals surface area contributed by atoms with Gasteiger partial charge in [0.15, 0.2) is 0 Å². The van der Waals surface area contributed by atoms with Crippen molar-refractivity contribution in [3.05, 3.63) is 0 Å². The molecule has 1 aliphatic heterocycles. The van der Waals surface area contributed by atoms with Gasteiger partial charge in [0.25, 0.3) is 5.72 Å². The van der Waals surface area contributed by atoms with Gasteiger partial charge in [0.1, 0.15) is 0 Å². The van der Waals surface area contributed by atoms with Crippen LogP contribution in [0.4, 0.5) is 18.0 Å². The van der Waals surface area contributed by atoms with Gasteiger partial charge in [-0.1, -0.05) is 13.8 Å². The van der Waals surface area contributed by atoms with Crippen LogP contribution in [0.15, 0.2) is 5.10 Å². The molecule has 0 bridgehead atoms. The van der Waals surface area contributed by atoms with Gasteiger partial charge in [0, 0.05) is 12.1 Å². The fourth-order valence-electron chi connectivity index (χ4n) is 1.81. The highest BCUT2D eigenvalue weighted by Gasteiger charge is 2.63. The minimum absolute atomic E-state index is 0.00611. The van der Waals surface area contributed by atoms with Crippen molar-refractivity contribution in [1.82, 2.24) is 5.01 Å². The van der Waals surface area contributed by atoms with Crippen molar-refractivity contribution >= 4 is 11.8 Å². The van der Waals surface area contributed by atoms with Gasteiger partial charge in [0.2, 0.25) is 0 Å². The van der Waals surface area contributed by atoms with E-state index in [1.165, 1.54) is 6.92 Å². The number of halogens is 3. The number of hydrazone groups is 1. The quantitative estimate of drug-likeness (QED) is 0.867. The van der Waals surface area contributed by atoms with Crippen LogP contribution in [-0.4, -0.2) is 40.4 Å². The monoisotopic (exact) mass is 296 g/mol. The molecule has 0 radical (unpaired) electrons. The van der Waals surface area contributed by atoms with Crippen molar-refractivity contribution in [3.63, 3.8) is 0 Å². The molecular formula is C12H19F3N2O3. The highest BCUT2D eigenvalue weighted by Crippen LogP contribution is 2.41. The number of rotatable bonds is 4. The topological polar surface area (TPSA) is 62.1 Å². The zero-order chi connectivity index (χ0) is 15.6. The number of ether oxygens (including phenoxy) is 1. The summed E-state index contributed by atoms with van der Waals surface area (Å²) in [5.74, 6) is 0.285. The van der Waals surface area contributed by atoms with Gasteiger partial charge in [0.05, 0.1) is 6.61 Å². The number of nitrogens with zero attached hydrogens (tertiary/aromatic N) is 2. The van der Waals surface area contributed by atoms with Crippen molar-refractivity contribution in [2.45, 2.75) is 51.9 Å². The second-order valence-corrected chi connectivity index (χ2v) is 5.10. The number of carbonyl (C=O) groups excluding carboxylic acids is 1. The van der Waals surface area contributed by atoms with E-state index >= 15 is 0 Å². The Morgan fingerprint density at radius 3 is 2.60 bits per heavy atom. The highest BCUT2D eigenvalue weighted by atomic mass is 19.4. The molecule has 116 valence electrons. The van der Waals surface area contributed by atoms with Gasteiger partial charge >= 0.3 is 12.3 Å². The Hall–Kier alpha value is -1.31. The molecule has 1 N–H and O–H groups in total.